The lowest BCUT2D eigenvalue weighted by atomic mass is 9.88. The maximum atomic E-state index is 14.1. The summed E-state index contributed by atoms with van der Waals surface area (Å²) in [4.78, 5) is 16.2. The second-order valence-corrected chi connectivity index (χ2v) is 6.66. The molecule has 0 saturated heterocycles. The first-order valence-electron chi connectivity index (χ1n) is 8.20. The molecule has 1 unspecified atom stereocenters. The topological polar surface area (TPSA) is 56.0 Å². The van der Waals surface area contributed by atoms with Gasteiger partial charge in [-0.1, -0.05) is 35.9 Å². The zero-order valence-electron chi connectivity index (χ0n) is 14.2. The number of hydrogen-bond donors (Lipinski definition) is 1. The summed E-state index contributed by atoms with van der Waals surface area (Å²) in [5.41, 5.74) is 9.31. The van der Waals surface area contributed by atoms with Crippen molar-refractivity contribution >= 4 is 17.5 Å². The molecule has 0 aliphatic rings. The average Bonchev–Trinajstić information content (AvgIpc) is 2.62. The van der Waals surface area contributed by atoms with Gasteiger partial charge in [0.05, 0.1) is 5.92 Å². The van der Waals surface area contributed by atoms with Crippen molar-refractivity contribution in [2.24, 2.45) is 5.73 Å². The van der Waals surface area contributed by atoms with Gasteiger partial charge in [-0.15, -0.1) is 0 Å². The Balaban J connectivity index is 1.96. The Morgan fingerprint density at radius 2 is 1.96 bits per heavy atom. The summed E-state index contributed by atoms with van der Waals surface area (Å²) in [5, 5.41) is 0.446. The van der Waals surface area contributed by atoms with Crippen molar-refractivity contribution in [2.75, 3.05) is 0 Å². The second kappa shape index (κ2) is 7.67. The lowest BCUT2D eigenvalue weighted by Gasteiger charge is -2.16. The van der Waals surface area contributed by atoms with E-state index in [1.807, 2.05) is 37.3 Å². The molecule has 3 aromatic rings. The molecule has 0 radical (unpaired) electrons. The second-order valence-electron chi connectivity index (χ2n) is 6.22. The van der Waals surface area contributed by atoms with Crippen LogP contribution in [0.4, 0.5) is 4.39 Å². The Morgan fingerprint density at radius 3 is 2.69 bits per heavy atom. The molecule has 26 heavy (non-hydrogen) atoms. The van der Waals surface area contributed by atoms with Gasteiger partial charge in [-0.2, -0.15) is 0 Å². The molecule has 1 heterocycles. The van der Waals surface area contributed by atoms with E-state index >= 15 is 0 Å². The number of carbonyl (C=O) groups excluding carboxylic acids is 1. The largest absolute Gasteiger partial charge is 0.369 e. The molecule has 0 saturated carbocycles. The average molecular weight is 369 g/mol. The summed E-state index contributed by atoms with van der Waals surface area (Å²) in [7, 11) is 0. The van der Waals surface area contributed by atoms with E-state index in [0.717, 1.165) is 16.7 Å². The third kappa shape index (κ3) is 3.92. The summed E-state index contributed by atoms with van der Waals surface area (Å²) in [6, 6.07) is 13.8. The normalized spacial score (nSPS) is 12.0. The van der Waals surface area contributed by atoms with Gasteiger partial charge in [0.2, 0.25) is 5.91 Å². The molecule has 5 heteroatoms. The van der Waals surface area contributed by atoms with Gasteiger partial charge < -0.3 is 5.73 Å². The number of nitrogens with two attached hydrogens (primary N) is 1. The zero-order valence-corrected chi connectivity index (χ0v) is 15.0. The van der Waals surface area contributed by atoms with Gasteiger partial charge in [-0.05, 0) is 54.3 Å². The van der Waals surface area contributed by atoms with Gasteiger partial charge in [-0.3, -0.25) is 9.78 Å². The molecule has 2 N–H and O–H groups in total. The molecule has 1 atom stereocenters. The van der Waals surface area contributed by atoms with Gasteiger partial charge in [0, 0.05) is 28.5 Å². The minimum absolute atomic E-state index is 0.373. The summed E-state index contributed by atoms with van der Waals surface area (Å²) in [6.45, 7) is 1.95. The van der Waals surface area contributed by atoms with Crippen LogP contribution in [-0.4, -0.2) is 10.9 Å². The summed E-state index contributed by atoms with van der Waals surface area (Å²) >= 11 is 5.98. The van der Waals surface area contributed by atoms with Crippen molar-refractivity contribution in [1.29, 1.82) is 0 Å². The van der Waals surface area contributed by atoms with E-state index in [-0.39, 0.29) is 5.82 Å². The highest BCUT2D eigenvalue weighted by Gasteiger charge is 2.20. The number of primary amides is 1. The number of carbonyl (C=O) groups is 1. The van der Waals surface area contributed by atoms with Gasteiger partial charge in [0.1, 0.15) is 5.82 Å². The van der Waals surface area contributed by atoms with Crippen LogP contribution in [0.1, 0.15) is 22.6 Å². The van der Waals surface area contributed by atoms with Crippen LogP contribution in [0.5, 0.6) is 0 Å². The van der Waals surface area contributed by atoms with Gasteiger partial charge in [0.15, 0.2) is 0 Å². The van der Waals surface area contributed by atoms with Crippen LogP contribution < -0.4 is 5.73 Å². The SMILES string of the molecule is Cc1ccccc1C(Cc1cncc(-c2cc(Cl)ccc2F)c1)C(N)=O. The van der Waals surface area contributed by atoms with Gasteiger partial charge >= 0.3 is 0 Å². The number of benzene rings is 2. The predicted molar refractivity (Wildman–Crippen MR) is 101 cm³/mol. The zero-order chi connectivity index (χ0) is 18.7. The molecule has 0 aliphatic carbocycles. The summed E-state index contributed by atoms with van der Waals surface area (Å²) < 4.78 is 14.1. The van der Waals surface area contributed by atoms with Gasteiger partial charge in [-0.25, -0.2) is 4.39 Å². The van der Waals surface area contributed by atoms with Crippen LogP contribution in [0.3, 0.4) is 0 Å². The summed E-state index contributed by atoms with van der Waals surface area (Å²) in [6.07, 6.45) is 3.63. The van der Waals surface area contributed by atoms with Crippen LogP contribution >= 0.6 is 11.6 Å². The van der Waals surface area contributed by atoms with Crippen LogP contribution in [0, 0.1) is 12.7 Å². The maximum Gasteiger partial charge on any atom is 0.225 e. The van der Waals surface area contributed by atoms with Crippen LogP contribution in [0.2, 0.25) is 5.02 Å². The Labute approximate surface area is 156 Å². The fraction of sp³-hybridized carbons (Fsp3) is 0.143. The highest BCUT2D eigenvalue weighted by molar-refractivity contribution is 6.30. The molecule has 132 valence electrons. The van der Waals surface area contributed by atoms with E-state index in [9.17, 15) is 9.18 Å². The van der Waals surface area contributed by atoms with E-state index in [1.165, 1.54) is 12.1 Å². The van der Waals surface area contributed by atoms with Crippen LogP contribution in [-0.2, 0) is 11.2 Å². The Morgan fingerprint density at radius 1 is 1.19 bits per heavy atom. The van der Waals surface area contributed by atoms with E-state index < -0.39 is 11.8 Å². The van der Waals surface area contributed by atoms with E-state index in [2.05, 4.69) is 4.98 Å². The number of pyridine rings is 1. The molecule has 1 aromatic heterocycles. The van der Waals surface area contributed by atoms with Gasteiger partial charge in [0.25, 0.3) is 0 Å². The number of halogens is 2. The lowest BCUT2D eigenvalue weighted by molar-refractivity contribution is -0.119. The number of nitrogens with zero attached hydrogens (tertiary/aromatic N) is 1. The molecular weight excluding hydrogens is 351 g/mol. The number of aromatic nitrogens is 1. The molecule has 2 aromatic carbocycles. The third-order valence-corrected chi connectivity index (χ3v) is 4.62. The van der Waals surface area contributed by atoms with Crippen molar-refractivity contribution < 1.29 is 9.18 Å². The highest BCUT2D eigenvalue weighted by Crippen LogP contribution is 2.28. The van der Waals surface area contributed by atoms with Crippen molar-refractivity contribution in [3.63, 3.8) is 0 Å². The minimum atomic E-state index is -0.475. The summed E-state index contributed by atoms with van der Waals surface area (Å²) in [5.74, 6) is -1.25. The van der Waals surface area contributed by atoms with E-state index in [0.29, 0.717) is 22.6 Å². The lowest BCUT2D eigenvalue weighted by Crippen LogP contribution is -2.24. The van der Waals surface area contributed by atoms with Crippen molar-refractivity contribution in [3.8, 4) is 11.1 Å². The smallest absolute Gasteiger partial charge is 0.225 e. The molecule has 3 rings (SSSR count). The fourth-order valence-electron chi connectivity index (χ4n) is 3.04. The predicted octanol–water partition coefficient (Wildman–Crippen LogP) is 4.66. The Hall–Kier alpha value is -2.72. The highest BCUT2D eigenvalue weighted by atomic mass is 35.5. The maximum absolute atomic E-state index is 14.1. The molecule has 1 amide bonds. The molecular formula is C21H18ClFN2O. The minimum Gasteiger partial charge on any atom is -0.369 e. The molecule has 0 spiro atoms. The fourth-order valence-corrected chi connectivity index (χ4v) is 3.21. The third-order valence-electron chi connectivity index (χ3n) is 4.38. The first-order chi connectivity index (χ1) is 12.5. The molecule has 0 bridgehead atoms. The van der Waals surface area contributed by atoms with E-state index in [1.54, 1.807) is 18.5 Å². The van der Waals surface area contributed by atoms with Crippen molar-refractivity contribution in [2.45, 2.75) is 19.3 Å². The molecule has 0 aliphatic heterocycles. The van der Waals surface area contributed by atoms with Crippen molar-refractivity contribution in [3.05, 3.63) is 88.5 Å². The van der Waals surface area contributed by atoms with E-state index in [4.69, 9.17) is 17.3 Å². The standard InChI is InChI=1S/C21H18ClFN2O/c1-13-4-2-3-5-17(13)19(21(24)26)9-14-8-15(12-25-11-14)18-10-16(22)6-7-20(18)23/h2-8,10-12,19H,9H2,1H3,(H2,24,26). The first kappa shape index (κ1) is 18.1. The van der Waals surface area contributed by atoms with Crippen molar-refractivity contribution in [1.82, 2.24) is 4.98 Å². The number of amides is 1. The monoisotopic (exact) mass is 368 g/mol. The van der Waals surface area contributed by atoms with Crippen LogP contribution in [0.25, 0.3) is 11.1 Å². The molecule has 0 fully saturated rings. The number of aryl methyl sites for hydroxylation is 1. The van der Waals surface area contributed by atoms with Crippen LogP contribution in [0.15, 0.2) is 60.9 Å². The Bertz CT molecular complexity index is 958. The quantitative estimate of drug-likeness (QED) is 0.712. The number of hydrogen-bond acceptors (Lipinski definition) is 2. The molecule has 3 nitrogen and oxygen atoms in total. The Kier molecular flexibility index (Phi) is 5.33. The first-order valence-corrected chi connectivity index (χ1v) is 8.57. The number of rotatable bonds is 5.